The van der Waals surface area contributed by atoms with Crippen molar-refractivity contribution in [3.8, 4) is 10.7 Å². The van der Waals surface area contributed by atoms with Gasteiger partial charge in [0, 0.05) is 18.9 Å². The minimum absolute atomic E-state index is 0.121. The van der Waals surface area contributed by atoms with Crippen LogP contribution < -0.4 is 5.32 Å². The molecule has 0 radical (unpaired) electrons. The number of carbonyl (C=O) groups is 1. The topological polar surface area (TPSA) is 85.8 Å². The normalized spacial score (nSPS) is 10.9. The molecule has 0 atom stereocenters. The molecule has 1 N–H and O–H groups in total. The maximum Gasteiger partial charge on any atom is 0.227 e. The molecule has 0 aliphatic rings. The Hall–Kier alpha value is -3.26. The molecule has 0 aliphatic carbocycles. The van der Waals surface area contributed by atoms with Gasteiger partial charge in [-0.1, -0.05) is 42.4 Å². The van der Waals surface area contributed by atoms with Crippen LogP contribution in [-0.2, 0) is 24.2 Å². The van der Waals surface area contributed by atoms with Crippen molar-refractivity contribution in [1.82, 2.24) is 19.9 Å². The standard InChI is InChI=1S/C21H21N5O2S/c1-2-15-5-7-16(8-6-15)14-26-18(11-12-22-26)23-19(27)9-10-20-24-21(25-28-20)17-4-3-13-29-17/h3-8,11-13H,2,9-10,14H2,1H3,(H,23,27). The molecule has 0 spiro atoms. The number of thiophene rings is 1. The minimum atomic E-state index is -0.121. The molecule has 3 aromatic heterocycles. The first-order chi connectivity index (χ1) is 14.2. The van der Waals surface area contributed by atoms with Crippen LogP contribution in [0.25, 0.3) is 10.7 Å². The molecule has 4 rings (SSSR count). The summed E-state index contributed by atoms with van der Waals surface area (Å²) in [6.07, 6.45) is 3.33. The summed E-state index contributed by atoms with van der Waals surface area (Å²) in [7, 11) is 0. The maximum absolute atomic E-state index is 12.4. The van der Waals surface area contributed by atoms with Gasteiger partial charge in [-0.15, -0.1) is 11.3 Å². The number of carbonyl (C=O) groups excluding carboxylic acids is 1. The average molecular weight is 407 g/mol. The monoisotopic (exact) mass is 407 g/mol. The highest BCUT2D eigenvalue weighted by atomic mass is 32.1. The summed E-state index contributed by atoms with van der Waals surface area (Å²) in [5, 5.41) is 13.2. The highest BCUT2D eigenvalue weighted by Crippen LogP contribution is 2.21. The lowest BCUT2D eigenvalue weighted by Crippen LogP contribution is -2.16. The van der Waals surface area contributed by atoms with Crippen LogP contribution in [0.15, 0.2) is 58.6 Å². The highest BCUT2D eigenvalue weighted by Gasteiger charge is 2.13. The summed E-state index contributed by atoms with van der Waals surface area (Å²) in [4.78, 5) is 17.7. The van der Waals surface area contributed by atoms with Gasteiger partial charge < -0.3 is 9.84 Å². The van der Waals surface area contributed by atoms with Crippen molar-refractivity contribution >= 4 is 23.1 Å². The molecule has 3 heterocycles. The second-order valence-electron chi connectivity index (χ2n) is 6.58. The van der Waals surface area contributed by atoms with Gasteiger partial charge in [0.25, 0.3) is 0 Å². The largest absolute Gasteiger partial charge is 0.339 e. The zero-order chi connectivity index (χ0) is 20.1. The van der Waals surface area contributed by atoms with E-state index in [1.807, 2.05) is 17.5 Å². The zero-order valence-electron chi connectivity index (χ0n) is 16.0. The molecule has 7 nitrogen and oxygen atoms in total. The van der Waals surface area contributed by atoms with Crippen molar-refractivity contribution in [3.05, 3.63) is 71.1 Å². The fourth-order valence-corrected chi connectivity index (χ4v) is 3.56. The lowest BCUT2D eigenvalue weighted by molar-refractivity contribution is -0.116. The van der Waals surface area contributed by atoms with Crippen molar-refractivity contribution in [2.45, 2.75) is 32.7 Å². The van der Waals surface area contributed by atoms with Crippen LogP contribution in [0.2, 0.25) is 0 Å². The van der Waals surface area contributed by atoms with Gasteiger partial charge in [0.15, 0.2) is 0 Å². The molecule has 0 aliphatic heterocycles. The predicted octanol–water partition coefficient (Wildman–Crippen LogP) is 4.18. The van der Waals surface area contributed by atoms with E-state index in [-0.39, 0.29) is 12.3 Å². The summed E-state index contributed by atoms with van der Waals surface area (Å²) in [5.41, 5.74) is 2.43. The molecule has 4 aromatic rings. The summed E-state index contributed by atoms with van der Waals surface area (Å²) in [5.74, 6) is 1.55. The van der Waals surface area contributed by atoms with Gasteiger partial charge in [-0.2, -0.15) is 10.1 Å². The van der Waals surface area contributed by atoms with Crippen molar-refractivity contribution in [1.29, 1.82) is 0 Å². The van der Waals surface area contributed by atoms with Gasteiger partial charge in [0.2, 0.25) is 17.6 Å². The quantitative estimate of drug-likeness (QED) is 0.474. The van der Waals surface area contributed by atoms with E-state index in [9.17, 15) is 4.79 Å². The molecule has 0 bridgehead atoms. The summed E-state index contributed by atoms with van der Waals surface area (Å²) < 4.78 is 7.02. The number of aryl methyl sites for hydroxylation is 2. The van der Waals surface area contributed by atoms with Gasteiger partial charge in [0.1, 0.15) is 5.82 Å². The zero-order valence-corrected chi connectivity index (χ0v) is 16.9. The second kappa shape index (κ2) is 8.83. The Morgan fingerprint density at radius 3 is 2.76 bits per heavy atom. The number of hydrogen-bond donors (Lipinski definition) is 1. The van der Waals surface area contributed by atoms with Crippen LogP contribution in [0, 0.1) is 0 Å². The van der Waals surface area contributed by atoms with E-state index in [2.05, 4.69) is 51.7 Å². The van der Waals surface area contributed by atoms with Crippen LogP contribution in [0.3, 0.4) is 0 Å². The fraction of sp³-hybridized carbons (Fsp3) is 0.238. The molecule has 148 valence electrons. The average Bonchev–Trinajstić information content (AvgIpc) is 3.49. The van der Waals surface area contributed by atoms with Gasteiger partial charge >= 0.3 is 0 Å². The van der Waals surface area contributed by atoms with Crippen molar-refractivity contribution in [2.75, 3.05) is 5.32 Å². The number of benzene rings is 1. The maximum atomic E-state index is 12.4. The number of rotatable bonds is 8. The first kappa shape index (κ1) is 19.1. The molecule has 0 saturated carbocycles. The van der Waals surface area contributed by atoms with E-state index in [1.54, 1.807) is 28.3 Å². The number of amides is 1. The Morgan fingerprint density at radius 2 is 2.00 bits per heavy atom. The number of aromatic nitrogens is 4. The predicted molar refractivity (Wildman–Crippen MR) is 112 cm³/mol. The van der Waals surface area contributed by atoms with Crippen LogP contribution in [0.4, 0.5) is 5.82 Å². The summed E-state index contributed by atoms with van der Waals surface area (Å²) >= 11 is 1.55. The molecule has 8 heteroatoms. The molecule has 0 fully saturated rings. The van der Waals surface area contributed by atoms with E-state index in [1.165, 1.54) is 5.56 Å². The number of anilines is 1. The van der Waals surface area contributed by atoms with Gasteiger partial charge in [-0.3, -0.25) is 4.79 Å². The van der Waals surface area contributed by atoms with E-state index in [0.29, 0.717) is 30.5 Å². The van der Waals surface area contributed by atoms with E-state index in [4.69, 9.17) is 4.52 Å². The second-order valence-corrected chi connectivity index (χ2v) is 7.53. The number of nitrogens with zero attached hydrogens (tertiary/aromatic N) is 4. The van der Waals surface area contributed by atoms with Crippen LogP contribution in [0.1, 0.15) is 30.4 Å². The van der Waals surface area contributed by atoms with Gasteiger partial charge in [-0.25, -0.2) is 4.68 Å². The highest BCUT2D eigenvalue weighted by molar-refractivity contribution is 7.13. The molecule has 0 unspecified atom stereocenters. The Balaban J connectivity index is 1.32. The summed E-state index contributed by atoms with van der Waals surface area (Å²) in [6.45, 7) is 2.73. The third kappa shape index (κ3) is 4.78. The van der Waals surface area contributed by atoms with Crippen LogP contribution in [0.5, 0.6) is 0 Å². The third-order valence-corrected chi connectivity index (χ3v) is 5.39. The van der Waals surface area contributed by atoms with E-state index >= 15 is 0 Å². The number of hydrogen-bond acceptors (Lipinski definition) is 6. The lowest BCUT2D eigenvalue weighted by Gasteiger charge is -2.09. The van der Waals surface area contributed by atoms with E-state index in [0.717, 1.165) is 16.9 Å². The molecule has 29 heavy (non-hydrogen) atoms. The van der Waals surface area contributed by atoms with Gasteiger partial charge in [-0.05, 0) is 29.0 Å². The Morgan fingerprint density at radius 1 is 1.17 bits per heavy atom. The molecule has 1 aromatic carbocycles. The molecule has 0 saturated heterocycles. The van der Waals surface area contributed by atoms with Crippen LogP contribution in [-0.4, -0.2) is 25.8 Å². The minimum Gasteiger partial charge on any atom is -0.339 e. The van der Waals surface area contributed by atoms with Crippen molar-refractivity contribution in [3.63, 3.8) is 0 Å². The third-order valence-electron chi connectivity index (χ3n) is 4.52. The molecular weight excluding hydrogens is 386 g/mol. The smallest absolute Gasteiger partial charge is 0.227 e. The Kier molecular flexibility index (Phi) is 5.81. The summed E-state index contributed by atoms with van der Waals surface area (Å²) in [6, 6.07) is 14.1. The SMILES string of the molecule is CCc1ccc(Cn2nccc2NC(=O)CCc2nc(-c3cccs3)no2)cc1. The van der Waals surface area contributed by atoms with Crippen molar-refractivity contribution in [2.24, 2.45) is 0 Å². The first-order valence-electron chi connectivity index (χ1n) is 9.47. The van der Waals surface area contributed by atoms with Crippen molar-refractivity contribution < 1.29 is 9.32 Å². The Bertz CT molecular complexity index is 1070. The van der Waals surface area contributed by atoms with Gasteiger partial charge in [0.05, 0.1) is 17.6 Å². The van der Waals surface area contributed by atoms with Crippen LogP contribution >= 0.6 is 11.3 Å². The fourth-order valence-electron chi connectivity index (χ4n) is 2.91. The number of nitrogens with one attached hydrogen (secondary N) is 1. The Labute approximate surface area is 172 Å². The molecular formula is C21H21N5O2S. The molecule has 1 amide bonds. The lowest BCUT2D eigenvalue weighted by atomic mass is 10.1. The first-order valence-corrected chi connectivity index (χ1v) is 10.3. The van der Waals surface area contributed by atoms with E-state index < -0.39 is 0 Å².